The van der Waals surface area contributed by atoms with Crippen molar-refractivity contribution in [1.82, 2.24) is 9.97 Å². The van der Waals surface area contributed by atoms with E-state index in [0.717, 1.165) is 15.6 Å². The summed E-state index contributed by atoms with van der Waals surface area (Å²) in [6.07, 6.45) is 2.54. The van der Waals surface area contributed by atoms with E-state index >= 15 is 0 Å². The fraction of sp³-hybridized carbons (Fsp3) is 0. The Balaban J connectivity index is 1.44. The maximum absolute atomic E-state index is 13.2. The predicted molar refractivity (Wildman–Crippen MR) is 134 cm³/mol. The van der Waals surface area contributed by atoms with Gasteiger partial charge in [0, 0.05) is 43.7 Å². The van der Waals surface area contributed by atoms with E-state index < -0.39 is 9.85 Å². The molecule has 0 atom stereocenters. The molecule has 0 aliphatic rings. The second kappa shape index (κ2) is 8.76. The zero-order chi connectivity index (χ0) is 24.5. The van der Waals surface area contributed by atoms with Crippen molar-refractivity contribution >= 4 is 65.9 Å². The number of benzene rings is 2. The minimum Gasteiger partial charge on any atom is -0.358 e. The van der Waals surface area contributed by atoms with Crippen molar-refractivity contribution in [3.05, 3.63) is 104 Å². The van der Waals surface area contributed by atoms with Crippen molar-refractivity contribution in [2.75, 3.05) is 10.6 Å². The van der Waals surface area contributed by atoms with Crippen LogP contribution in [-0.4, -0.2) is 19.8 Å². The highest BCUT2D eigenvalue weighted by atomic mass is 32.1. The van der Waals surface area contributed by atoms with Crippen LogP contribution < -0.4 is 16.1 Å². The van der Waals surface area contributed by atoms with Crippen LogP contribution in [0.3, 0.4) is 0 Å². The van der Waals surface area contributed by atoms with Gasteiger partial charge < -0.3 is 20.7 Å². The Bertz CT molecular complexity index is 1670. The average Bonchev–Trinajstić information content (AvgIpc) is 2.85. The molecule has 0 fully saturated rings. The quantitative estimate of drug-likeness (QED) is 0.180. The van der Waals surface area contributed by atoms with Crippen LogP contribution in [0.4, 0.5) is 34.4 Å². The van der Waals surface area contributed by atoms with Gasteiger partial charge in [0.2, 0.25) is 0 Å². The van der Waals surface area contributed by atoms with Gasteiger partial charge in [-0.2, -0.15) is 0 Å². The summed E-state index contributed by atoms with van der Waals surface area (Å²) in [6, 6.07) is 16.4. The minimum atomic E-state index is -0.564. The van der Waals surface area contributed by atoms with Crippen molar-refractivity contribution in [3.8, 4) is 0 Å². The molecule has 0 spiro atoms. The summed E-state index contributed by atoms with van der Waals surface area (Å²) in [6.45, 7) is 0. The van der Waals surface area contributed by atoms with E-state index in [0.29, 0.717) is 33.7 Å². The van der Waals surface area contributed by atoms with Crippen LogP contribution in [0.15, 0.2) is 77.9 Å². The zero-order valence-electron chi connectivity index (χ0n) is 17.7. The number of nitrogens with one attached hydrogen (secondary N) is 2. The van der Waals surface area contributed by atoms with Gasteiger partial charge in [-0.15, -0.1) is 11.3 Å². The largest absolute Gasteiger partial charge is 0.363 e. The lowest BCUT2D eigenvalue weighted by Crippen LogP contribution is -2.02. The summed E-state index contributed by atoms with van der Waals surface area (Å²) in [4.78, 5) is 41.5. The molecule has 35 heavy (non-hydrogen) atoms. The molecule has 0 unspecified atom stereocenters. The number of fused-ring (bicyclic) bond motifs is 2. The van der Waals surface area contributed by atoms with Gasteiger partial charge in [0.15, 0.2) is 11.6 Å². The first kappa shape index (κ1) is 21.9. The summed E-state index contributed by atoms with van der Waals surface area (Å²) in [5.41, 5.74) is 1.69. The van der Waals surface area contributed by atoms with Crippen LogP contribution in [-0.2, 0) is 0 Å². The first-order valence-electron chi connectivity index (χ1n) is 10.1. The van der Waals surface area contributed by atoms with Crippen molar-refractivity contribution in [1.29, 1.82) is 0 Å². The molecule has 0 saturated heterocycles. The molecule has 2 N–H and O–H groups in total. The third kappa shape index (κ3) is 4.45. The highest BCUT2D eigenvalue weighted by Crippen LogP contribution is 2.30. The predicted octanol–water partition coefficient (Wildman–Crippen LogP) is 5.51. The van der Waals surface area contributed by atoms with Gasteiger partial charge in [-0.05, 0) is 58.4 Å². The summed E-state index contributed by atoms with van der Waals surface area (Å²) >= 11 is 1.45. The standard InChI is InChI=1S/C23H14N6O5S/c30-23-17-5-1-14(26-15-3-8-22(25-11-15)29(33)34)10-20(17)35-19-6-2-13(9-18(19)23)27-21-7-4-16(12-24-21)28(31)32/h1-12,26H,(H,24,27). The fourth-order valence-electron chi connectivity index (χ4n) is 3.46. The number of rotatable bonds is 6. The van der Waals surface area contributed by atoms with Gasteiger partial charge in [-0.1, -0.05) is 0 Å². The van der Waals surface area contributed by atoms with E-state index in [4.69, 9.17) is 0 Å². The third-order valence-electron chi connectivity index (χ3n) is 5.13. The van der Waals surface area contributed by atoms with Gasteiger partial charge in [0.05, 0.1) is 10.6 Å². The number of hydrogen-bond acceptors (Lipinski definition) is 10. The van der Waals surface area contributed by atoms with E-state index in [1.807, 2.05) is 12.1 Å². The van der Waals surface area contributed by atoms with Crippen LogP contribution in [0.2, 0.25) is 0 Å². The lowest BCUT2D eigenvalue weighted by molar-refractivity contribution is -0.389. The maximum atomic E-state index is 13.2. The van der Waals surface area contributed by atoms with Crippen LogP contribution in [0.1, 0.15) is 0 Å². The Morgan fingerprint density at radius 1 is 0.714 bits per heavy atom. The van der Waals surface area contributed by atoms with Crippen LogP contribution in [0.25, 0.3) is 20.2 Å². The third-order valence-corrected chi connectivity index (χ3v) is 6.26. The Morgan fingerprint density at radius 3 is 2.17 bits per heavy atom. The van der Waals surface area contributed by atoms with E-state index in [-0.39, 0.29) is 16.9 Å². The molecule has 11 nitrogen and oxygen atoms in total. The van der Waals surface area contributed by atoms with Gasteiger partial charge in [-0.25, -0.2) is 4.98 Å². The van der Waals surface area contributed by atoms with Crippen molar-refractivity contribution in [2.45, 2.75) is 0 Å². The molecule has 5 aromatic rings. The SMILES string of the molecule is O=c1c2ccc(Nc3ccc([N+](=O)[O-])nc3)cc2sc2ccc(Nc3ccc([N+](=O)[O-])cn3)cc12. The molecule has 12 heteroatoms. The number of aromatic nitrogens is 2. The molecule has 3 heterocycles. The molecule has 5 rings (SSSR count). The Kier molecular flexibility index (Phi) is 5.47. The molecule has 0 radical (unpaired) electrons. The number of pyridine rings is 2. The molecule has 0 amide bonds. The molecule has 2 aromatic carbocycles. The van der Waals surface area contributed by atoms with Gasteiger partial charge in [0.25, 0.3) is 5.69 Å². The first-order chi connectivity index (χ1) is 16.9. The fourth-order valence-corrected chi connectivity index (χ4v) is 4.55. The Morgan fingerprint density at radius 2 is 1.49 bits per heavy atom. The lowest BCUT2D eigenvalue weighted by Gasteiger charge is -2.09. The Labute approximate surface area is 200 Å². The topological polar surface area (TPSA) is 153 Å². The molecular formula is C23H14N6O5S. The van der Waals surface area contributed by atoms with Crippen molar-refractivity contribution < 1.29 is 9.85 Å². The highest BCUT2D eigenvalue weighted by molar-refractivity contribution is 7.24. The molecule has 0 saturated carbocycles. The molecule has 172 valence electrons. The van der Waals surface area contributed by atoms with Crippen LogP contribution in [0.5, 0.6) is 0 Å². The molecule has 0 aliphatic carbocycles. The second-order valence-corrected chi connectivity index (χ2v) is 8.51. The van der Waals surface area contributed by atoms with Crippen LogP contribution in [0, 0.1) is 20.2 Å². The summed E-state index contributed by atoms with van der Waals surface area (Å²) in [7, 11) is 0. The smallest absolute Gasteiger partial charge is 0.358 e. The van der Waals surface area contributed by atoms with E-state index in [1.165, 1.54) is 35.7 Å². The second-order valence-electron chi connectivity index (χ2n) is 7.42. The number of hydrogen-bond donors (Lipinski definition) is 2. The number of anilines is 4. The number of nitrogens with zero attached hydrogens (tertiary/aromatic N) is 4. The molecule has 0 aliphatic heterocycles. The monoisotopic (exact) mass is 486 g/mol. The zero-order valence-corrected chi connectivity index (χ0v) is 18.5. The van der Waals surface area contributed by atoms with Gasteiger partial charge in [0.1, 0.15) is 12.0 Å². The molecule has 3 aromatic heterocycles. The highest BCUT2D eigenvalue weighted by Gasteiger charge is 2.11. The average molecular weight is 486 g/mol. The lowest BCUT2D eigenvalue weighted by atomic mass is 10.1. The summed E-state index contributed by atoms with van der Waals surface area (Å²) in [5, 5.41) is 28.8. The van der Waals surface area contributed by atoms with E-state index in [2.05, 4.69) is 20.6 Å². The van der Waals surface area contributed by atoms with Crippen molar-refractivity contribution in [3.63, 3.8) is 0 Å². The molecular weight excluding hydrogens is 472 g/mol. The first-order valence-corrected chi connectivity index (χ1v) is 10.9. The van der Waals surface area contributed by atoms with Gasteiger partial charge in [-0.3, -0.25) is 14.9 Å². The maximum Gasteiger partial charge on any atom is 0.363 e. The van der Waals surface area contributed by atoms with E-state index in [1.54, 1.807) is 30.3 Å². The molecule has 0 bridgehead atoms. The Hall–Kier alpha value is -4.97. The number of nitro groups is 2. The van der Waals surface area contributed by atoms with E-state index in [9.17, 15) is 25.0 Å². The summed E-state index contributed by atoms with van der Waals surface area (Å²) < 4.78 is 1.57. The van der Waals surface area contributed by atoms with Crippen molar-refractivity contribution in [2.24, 2.45) is 0 Å². The minimum absolute atomic E-state index is 0.108. The van der Waals surface area contributed by atoms with Gasteiger partial charge >= 0.3 is 5.82 Å². The normalized spacial score (nSPS) is 10.9. The van der Waals surface area contributed by atoms with Crippen LogP contribution >= 0.6 is 11.3 Å². The summed E-state index contributed by atoms with van der Waals surface area (Å²) in [5.74, 6) is 0.181.